The molecule has 2 heterocycles. The Kier molecular flexibility index (Phi) is 7.48. The number of nitrogens with zero attached hydrogens (tertiary/aromatic N) is 1. The van der Waals surface area contributed by atoms with Gasteiger partial charge in [0.05, 0.1) is 5.70 Å². The summed E-state index contributed by atoms with van der Waals surface area (Å²) in [5.41, 5.74) is 3.74. The number of anilines is 1. The SMILES string of the molecule is CC(=O)NC1=NC(=Cc2[nH]c(NC(C)=O)c(C(=O)O)c2C)C(C)=C1CC1C(C)CC(C)CC1C. The monoisotopic (exact) mass is 468 g/mol. The maximum atomic E-state index is 11.9. The van der Waals surface area contributed by atoms with Crippen molar-refractivity contribution in [2.75, 3.05) is 5.32 Å². The summed E-state index contributed by atoms with van der Waals surface area (Å²) in [7, 11) is 0. The van der Waals surface area contributed by atoms with E-state index in [0.29, 0.717) is 40.5 Å². The third-order valence-corrected chi connectivity index (χ3v) is 7.18. The zero-order valence-electron chi connectivity index (χ0n) is 21.1. The Bertz CT molecular complexity index is 1100. The fraction of sp³-hybridized carbons (Fsp3) is 0.538. The minimum absolute atomic E-state index is 0.0203. The number of hydrogen-bond donors (Lipinski definition) is 4. The molecule has 1 saturated carbocycles. The molecule has 1 aliphatic carbocycles. The van der Waals surface area contributed by atoms with Crippen LogP contribution in [0.1, 0.15) is 82.4 Å². The molecule has 34 heavy (non-hydrogen) atoms. The zero-order chi connectivity index (χ0) is 25.3. The predicted octanol–water partition coefficient (Wildman–Crippen LogP) is 4.89. The Morgan fingerprint density at radius 2 is 1.65 bits per heavy atom. The normalized spacial score (nSPS) is 26.0. The first kappa shape index (κ1) is 25.5. The zero-order valence-corrected chi connectivity index (χ0v) is 21.1. The number of carbonyl (C=O) groups is 3. The van der Waals surface area contributed by atoms with E-state index in [-0.39, 0.29) is 23.2 Å². The van der Waals surface area contributed by atoms with Crippen LogP contribution in [0, 0.1) is 30.6 Å². The highest BCUT2D eigenvalue weighted by atomic mass is 16.4. The standard InChI is InChI=1S/C26H36N4O4/c1-12-8-13(2)19(14(3)9-12)10-20-15(4)21(29-24(20)27-17(6)31)11-22-16(5)23(26(33)34)25(30-22)28-18(7)32/h11-14,19,30H,8-10H2,1-7H3,(H,28,32)(H,33,34)(H,27,29,31). The van der Waals surface area contributed by atoms with Gasteiger partial charge in [0.25, 0.3) is 0 Å². The molecule has 184 valence electrons. The number of carboxylic acid groups (broad SMARTS) is 1. The topological polar surface area (TPSA) is 124 Å². The molecule has 4 N–H and O–H groups in total. The van der Waals surface area contributed by atoms with Gasteiger partial charge in [-0.05, 0) is 74.0 Å². The van der Waals surface area contributed by atoms with Crippen molar-refractivity contribution in [3.05, 3.63) is 33.7 Å². The third kappa shape index (κ3) is 5.32. The molecule has 3 rings (SSSR count). The molecule has 2 unspecified atom stereocenters. The molecule has 2 aliphatic rings. The van der Waals surface area contributed by atoms with E-state index in [9.17, 15) is 19.5 Å². The fourth-order valence-electron chi connectivity index (χ4n) is 5.61. The summed E-state index contributed by atoms with van der Waals surface area (Å²) >= 11 is 0. The predicted molar refractivity (Wildman–Crippen MR) is 134 cm³/mol. The molecule has 8 heteroatoms. The number of hydrogen-bond acceptors (Lipinski definition) is 4. The fourth-order valence-corrected chi connectivity index (χ4v) is 5.61. The molecule has 0 spiro atoms. The third-order valence-electron chi connectivity index (χ3n) is 7.18. The van der Waals surface area contributed by atoms with Crippen LogP contribution >= 0.6 is 0 Å². The van der Waals surface area contributed by atoms with Crippen LogP contribution in [0.4, 0.5) is 5.82 Å². The van der Waals surface area contributed by atoms with Crippen molar-refractivity contribution in [2.45, 2.75) is 67.7 Å². The van der Waals surface area contributed by atoms with E-state index in [4.69, 9.17) is 4.99 Å². The number of amides is 2. The molecular weight excluding hydrogens is 432 g/mol. The molecule has 1 aromatic heterocycles. The van der Waals surface area contributed by atoms with Crippen molar-refractivity contribution in [1.29, 1.82) is 0 Å². The summed E-state index contributed by atoms with van der Waals surface area (Å²) < 4.78 is 0. The Morgan fingerprint density at radius 1 is 1.06 bits per heavy atom. The first-order valence-corrected chi connectivity index (χ1v) is 11.9. The van der Waals surface area contributed by atoms with E-state index >= 15 is 0 Å². The quantitative estimate of drug-likeness (QED) is 0.491. The molecule has 1 fully saturated rings. The number of allylic oxidation sites excluding steroid dienone is 1. The van der Waals surface area contributed by atoms with Crippen LogP contribution in [-0.4, -0.2) is 33.7 Å². The summed E-state index contributed by atoms with van der Waals surface area (Å²) in [4.78, 5) is 43.0. The molecule has 1 aliphatic heterocycles. The van der Waals surface area contributed by atoms with Crippen LogP contribution < -0.4 is 10.6 Å². The van der Waals surface area contributed by atoms with Crippen molar-refractivity contribution >= 4 is 35.5 Å². The highest BCUT2D eigenvalue weighted by Gasteiger charge is 2.34. The van der Waals surface area contributed by atoms with E-state index < -0.39 is 5.97 Å². The van der Waals surface area contributed by atoms with Crippen LogP contribution in [-0.2, 0) is 9.59 Å². The number of nitrogens with one attached hydrogen (secondary N) is 3. The minimum atomic E-state index is -1.13. The van der Waals surface area contributed by atoms with Crippen LogP contribution in [0.2, 0.25) is 0 Å². The number of amidine groups is 1. The molecule has 0 radical (unpaired) electrons. The van der Waals surface area contributed by atoms with Crippen molar-refractivity contribution < 1.29 is 19.5 Å². The maximum Gasteiger partial charge on any atom is 0.339 e. The molecule has 8 nitrogen and oxygen atoms in total. The van der Waals surface area contributed by atoms with Crippen molar-refractivity contribution in [3.63, 3.8) is 0 Å². The summed E-state index contributed by atoms with van der Waals surface area (Å²) in [6.45, 7) is 13.4. The number of aromatic nitrogens is 1. The number of aromatic carboxylic acids is 1. The van der Waals surface area contributed by atoms with Gasteiger partial charge in [-0.25, -0.2) is 9.79 Å². The van der Waals surface area contributed by atoms with Crippen LogP contribution in [0.25, 0.3) is 6.08 Å². The first-order chi connectivity index (χ1) is 15.9. The lowest BCUT2D eigenvalue weighted by Gasteiger charge is -2.38. The Hall–Kier alpha value is -3.16. The highest BCUT2D eigenvalue weighted by molar-refractivity contribution is 6.11. The largest absolute Gasteiger partial charge is 0.478 e. The minimum Gasteiger partial charge on any atom is -0.478 e. The van der Waals surface area contributed by atoms with Gasteiger partial charge in [-0.1, -0.05) is 20.8 Å². The number of aliphatic imine (C=N–C) groups is 1. The van der Waals surface area contributed by atoms with Crippen molar-refractivity contribution in [2.24, 2.45) is 28.7 Å². The summed E-state index contributed by atoms with van der Waals surface area (Å²) in [5, 5.41) is 15.1. The van der Waals surface area contributed by atoms with Gasteiger partial charge in [0, 0.05) is 25.1 Å². The molecule has 0 bridgehead atoms. The Morgan fingerprint density at radius 3 is 2.18 bits per heavy atom. The molecule has 1 aromatic rings. The molecule has 2 atom stereocenters. The second kappa shape index (κ2) is 9.99. The van der Waals surface area contributed by atoms with Gasteiger partial charge in [-0.2, -0.15) is 0 Å². The second-order valence-corrected chi connectivity index (χ2v) is 10.1. The summed E-state index contributed by atoms with van der Waals surface area (Å²) in [5.74, 6) is 1.42. The number of rotatable bonds is 5. The van der Waals surface area contributed by atoms with Gasteiger partial charge in [-0.3, -0.25) is 9.59 Å². The van der Waals surface area contributed by atoms with E-state index in [0.717, 1.165) is 23.5 Å². The number of H-pyrrole nitrogens is 1. The molecular formula is C26H36N4O4. The first-order valence-electron chi connectivity index (χ1n) is 11.9. The lowest BCUT2D eigenvalue weighted by atomic mass is 9.67. The lowest BCUT2D eigenvalue weighted by Crippen LogP contribution is -2.33. The highest BCUT2D eigenvalue weighted by Crippen LogP contribution is 2.43. The molecule has 0 aromatic carbocycles. The smallest absolute Gasteiger partial charge is 0.339 e. The van der Waals surface area contributed by atoms with Gasteiger partial charge in [0.2, 0.25) is 11.8 Å². The summed E-state index contributed by atoms with van der Waals surface area (Å²) in [6.07, 6.45) is 5.01. The van der Waals surface area contributed by atoms with Gasteiger partial charge < -0.3 is 20.7 Å². The van der Waals surface area contributed by atoms with E-state index in [1.807, 2.05) is 6.92 Å². The van der Waals surface area contributed by atoms with E-state index in [1.165, 1.54) is 26.7 Å². The molecule has 0 saturated heterocycles. The Balaban J connectivity index is 2.02. The van der Waals surface area contributed by atoms with Gasteiger partial charge in [0.15, 0.2) is 0 Å². The van der Waals surface area contributed by atoms with E-state index in [1.54, 1.807) is 13.0 Å². The van der Waals surface area contributed by atoms with Crippen LogP contribution in [0.3, 0.4) is 0 Å². The average Bonchev–Trinajstić information content (AvgIpc) is 3.14. The van der Waals surface area contributed by atoms with E-state index in [2.05, 4.69) is 36.4 Å². The maximum absolute atomic E-state index is 11.9. The molecule has 2 amide bonds. The van der Waals surface area contributed by atoms with Crippen molar-refractivity contribution in [1.82, 2.24) is 10.3 Å². The Labute approximate surface area is 201 Å². The number of aromatic amines is 1. The van der Waals surface area contributed by atoms with Gasteiger partial charge in [-0.15, -0.1) is 0 Å². The van der Waals surface area contributed by atoms with Crippen LogP contribution in [0.15, 0.2) is 21.8 Å². The van der Waals surface area contributed by atoms with Gasteiger partial charge in [0.1, 0.15) is 17.2 Å². The van der Waals surface area contributed by atoms with Crippen LogP contribution in [0.5, 0.6) is 0 Å². The number of carbonyl (C=O) groups excluding carboxylic acids is 2. The van der Waals surface area contributed by atoms with Gasteiger partial charge >= 0.3 is 5.97 Å². The summed E-state index contributed by atoms with van der Waals surface area (Å²) in [6, 6.07) is 0. The second-order valence-electron chi connectivity index (χ2n) is 10.1. The number of carboxylic acids is 1. The van der Waals surface area contributed by atoms with Crippen molar-refractivity contribution in [3.8, 4) is 0 Å². The average molecular weight is 469 g/mol. The lowest BCUT2D eigenvalue weighted by molar-refractivity contribution is -0.117.